The van der Waals surface area contributed by atoms with Gasteiger partial charge in [-0.2, -0.15) is 0 Å². The van der Waals surface area contributed by atoms with Crippen LogP contribution in [0.5, 0.6) is 0 Å². The van der Waals surface area contributed by atoms with E-state index in [4.69, 9.17) is 5.73 Å². The molecule has 0 radical (unpaired) electrons. The third-order valence-electron chi connectivity index (χ3n) is 2.83. The Morgan fingerprint density at radius 3 is 2.62 bits per heavy atom. The first-order valence-corrected chi connectivity index (χ1v) is 5.42. The Morgan fingerprint density at radius 1 is 1.38 bits per heavy atom. The molecule has 0 aliphatic heterocycles. The van der Waals surface area contributed by atoms with E-state index >= 15 is 0 Å². The van der Waals surface area contributed by atoms with E-state index in [0.29, 0.717) is 12.0 Å². The van der Waals surface area contributed by atoms with Crippen LogP contribution in [0.25, 0.3) is 0 Å². The fourth-order valence-corrected chi connectivity index (χ4v) is 1.88. The zero-order valence-corrected chi connectivity index (χ0v) is 9.09. The van der Waals surface area contributed by atoms with E-state index in [-0.39, 0.29) is 0 Å². The molecule has 76 valence electrons. The Kier molecular flexibility index (Phi) is 3.76. The summed E-state index contributed by atoms with van der Waals surface area (Å²) in [5, 5.41) is 0. The third kappa shape index (κ3) is 3.37. The zero-order chi connectivity index (χ0) is 9.84. The van der Waals surface area contributed by atoms with E-state index in [1.54, 1.807) is 0 Å². The van der Waals surface area contributed by atoms with Gasteiger partial charge in [0, 0.05) is 5.92 Å². The summed E-state index contributed by atoms with van der Waals surface area (Å²) >= 11 is 0. The van der Waals surface area contributed by atoms with E-state index in [1.807, 2.05) is 0 Å². The molecule has 2 atom stereocenters. The van der Waals surface area contributed by atoms with Crippen LogP contribution in [0.15, 0.2) is 4.99 Å². The lowest BCUT2D eigenvalue weighted by Crippen LogP contribution is -2.24. The van der Waals surface area contributed by atoms with Crippen molar-refractivity contribution in [1.29, 1.82) is 0 Å². The van der Waals surface area contributed by atoms with E-state index in [1.165, 1.54) is 25.7 Å². The van der Waals surface area contributed by atoms with Gasteiger partial charge in [0.25, 0.3) is 0 Å². The van der Waals surface area contributed by atoms with E-state index in [2.05, 4.69) is 25.8 Å². The number of amidine groups is 1. The fourth-order valence-electron chi connectivity index (χ4n) is 1.88. The van der Waals surface area contributed by atoms with Crippen molar-refractivity contribution in [3.8, 4) is 0 Å². The Balaban J connectivity index is 2.47. The summed E-state index contributed by atoms with van der Waals surface area (Å²) in [6.07, 6.45) is 5.15. The first-order valence-electron chi connectivity index (χ1n) is 5.42. The van der Waals surface area contributed by atoms with Gasteiger partial charge < -0.3 is 5.73 Å². The number of hydrogen-bond donors (Lipinski definition) is 1. The number of hydrogen-bond acceptors (Lipinski definition) is 1. The molecule has 2 nitrogen and oxygen atoms in total. The van der Waals surface area contributed by atoms with Crippen molar-refractivity contribution in [3.05, 3.63) is 0 Å². The molecule has 0 aromatic carbocycles. The highest BCUT2D eigenvalue weighted by Crippen LogP contribution is 2.25. The molecule has 2 heteroatoms. The second-order valence-corrected chi connectivity index (χ2v) is 4.63. The highest BCUT2D eigenvalue weighted by atomic mass is 14.9. The molecule has 2 unspecified atom stereocenters. The molecule has 0 amide bonds. The standard InChI is InChI=1S/C11H22N2/c1-8(2)11(12)13-10-6-4-5-9(3)7-10/h8-10H,4-7H2,1-3H3,(H2,12,13). The zero-order valence-electron chi connectivity index (χ0n) is 9.09. The number of aliphatic imine (C=N–C) groups is 1. The van der Waals surface area contributed by atoms with Crippen LogP contribution in [0.4, 0.5) is 0 Å². The highest BCUT2D eigenvalue weighted by molar-refractivity contribution is 5.82. The molecule has 0 saturated heterocycles. The van der Waals surface area contributed by atoms with Gasteiger partial charge in [0.2, 0.25) is 0 Å². The summed E-state index contributed by atoms with van der Waals surface area (Å²) in [6, 6.07) is 0.506. The summed E-state index contributed by atoms with van der Waals surface area (Å²) < 4.78 is 0. The summed E-state index contributed by atoms with van der Waals surface area (Å²) in [4.78, 5) is 4.58. The SMILES string of the molecule is CC1CCCC(N=C(N)C(C)C)C1. The predicted octanol–water partition coefficient (Wildman–Crippen LogP) is 2.58. The largest absolute Gasteiger partial charge is 0.387 e. The van der Waals surface area contributed by atoms with Crippen molar-refractivity contribution >= 4 is 5.84 Å². The summed E-state index contributed by atoms with van der Waals surface area (Å²) in [5.41, 5.74) is 5.84. The maximum Gasteiger partial charge on any atom is 0.0966 e. The Hall–Kier alpha value is -0.530. The normalized spacial score (nSPS) is 30.9. The van der Waals surface area contributed by atoms with Crippen molar-refractivity contribution < 1.29 is 0 Å². The van der Waals surface area contributed by atoms with Crippen LogP contribution >= 0.6 is 0 Å². The van der Waals surface area contributed by atoms with Gasteiger partial charge in [-0.05, 0) is 18.8 Å². The molecule has 0 aromatic heterocycles. The molecule has 1 aliphatic rings. The minimum absolute atomic E-state index is 0.400. The minimum atomic E-state index is 0.400. The Bertz CT molecular complexity index is 185. The predicted molar refractivity (Wildman–Crippen MR) is 57.9 cm³/mol. The highest BCUT2D eigenvalue weighted by Gasteiger charge is 2.18. The number of nitrogens with two attached hydrogens (primary N) is 1. The van der Waals surface area contributed by atoms with Crippen LogP contribution in [0.2, 0.25) is 0 Å². The third-order valence-corrected chi connectivity index (χ3v) is 2.83. The van der Waals surface area contributed by atoms with Crippen molar-refractivity contribution in [2.75, 3.05) is 0 Å². The average molecular weight is 182 g/mol. The average Bonchev–Trinajstić information content (AvgIpc) is 2.04. The number of nitrogens with zero attached hydrogens (tertiary/aromatic N) is 1. The smallest absolute Gasteiger partial charge is 0.0966 e. The van der Waals surface area contributed by atoms with Gasteiger partial charge in [-0.3, -0.25) is 4.99 Å². The van der Waals surface area contributed by atoms with Crippen molar-refractivity contribution in [1.82, 2.24) is 0 Å². The molecule has 2 N–H and O–H groups in total. The van der Waals surface area contributed by atoms with Gasteiger partial charge in [-0.15, -0.1) is 0 Å². The number of rotatable bonds is 2. The second kappa shape index (κ2) is 4.64. The molecular formula is C11H22N2. The van der Waals surface area contributed by atoms with Crippen LogP contribution in [0, 0.1) is 11.8 Å². The van der Waals surface area contributed by atoms with Crippen LogP contribution in [0.3, 0.4) is 0 Å². The van der Waals surface area contributed by atoms with Gasteiger partial charge in [0.15, 0.2) is 0 Å². The summed E-state index contributed by atoms with van der Waals surface area (Å²) in [5.74, 6) is 2.07. The second-order valence-electron chi connectivity index (χ2n) is 4.63. The van der Waals surface area contributed by atoms with Crippen molar-refractivity contribution in [3.63, 3.8) is 0 Å². The Labute approximate surface area is 81.6 Å². The van der Waals surface area contributed by atoms with Gasteiger partial charge >= 0.3 is 0 Å². The molecule has 0 heterocycles. The Morgan fingerprint density at radius 2 is 2.08 bits per heavy atom. The quantitative estimate of drug-likeness (QED) is 0.517. The minimum Gasteiger partial charge on any atom is -0.387 e. The molecule has 1 fully saturated rings. The summed E-state index contributed by atoms with van der Waals surface area (Å²) in [7, 11) is 0. The molecule has 1 saturated carbocycles. The lowest BCUT2D eigenvalue weighted by molar-refractivity contribution is 0.345. The molecule has 0 bridgehead atoms. The maximum atomic E-state index is 5.84. The fraction of sp³-hybridized carbons (Fsp3) is 0.909. The van der Waals surface area contributed by atoms with Gasteiger partial charge in [-0.1, -0.05) is 33.6 Å². The molecule has 0 spiro atoms. The molecule has 13 heavy (non-hydrogen) atoms. The lowest BCUT2D eigenvalue weighted by Gasteiger charge is -2.24. The van der Waals surface area contributed by atoms with Crippen molar-refractivity contribution in [2.24, 2.45) is 22.6 Å². The molecule has 0 aromatic rings. The van der Waals surface area contributed by atoms with E-state index in [0.717, 1.165) is 11.8 Å². The molecule has 1 aliphatic carbocycles. The lowest BCUT2D eigenvalue weighted by atomic mass is 9.87. The molecule has 1 rings (SSSR count). The van der Waals surface area contributed by atoms with Crippen LogP contribution in [-0.2, 0) is 0 Å². The van der Waals surface area contributed by atoms with Crippen molar-refractivity contribution in [2.45, 2.75) is 52.5 Å². The van der Waals surface area contributed by atoms with Gasteiger partial charge in [0.1, 0.15) is 0 Å². The summed E-state index contributed by atoms with van der Waals surface area (Å²) in [6.45, 7) is 6.52. The monoisotopic (exact) mass is 182 g/mol. The van der Waals surface area contributed by atoms with Gasteiger partial charge in [0.05, 0.1) is 11.9 Å². The maximum absolute atomic E-state index is 5.84. The first kappa shape index (κ1) is 10.6. The van der Waals surface area contributed by atoms with Gasteiger partial charge in [-0.25, -0.2) is 0 Å². The van der Waals surface area contributed by atoms with Crippen LogP contribution in [-0.4, -0.2) is 11.9 Å². The van der Waals surface area contributed by atoms with Crippen LogP contribution in [0.1, 0.15) is 46.5 Å². The van der Waals surface area contributed by atoms with Crippen LogP contribution < -0.4 is 5.73 Å². The topological polar surface area (TPSA) is 38.4 Å². The first-order chi connectivity index (χ1) is 6.09. The molecular weight excluding hydrogens is 160 g/mol. The van der Waals surface area contributed by atoms with E-state index < -0.39 is 0 Å². The van der Waals surface area contributed by atoms with E-state index in [9.17, 15) is 0 Å².